The first-order chi connectivity index (χ1) is 10.1. The van der Waals surface area contributed by atoms with Crippen molar-refractivity contribution in [1.82, 2.24) is 0 Å². The normalized spacial score (nSPS) is 22.0. The molecule has 0 atom stereocenters. The molecule has 1 aliphatic rings. The average Bonchev–Trinajstić information content (AvgIpc) is 2.49. The summed E-state index contributed by atoms with van der Waals surface area (Å²) in [7, 11) is 0. The van der Waals surface area contributed by atoms with Crippen LogP contribution >= 0.6 is 11.6 Å². The van der Waals surface area contributed by atoms with E-state index in [1.807, 2.05) is 0 Å². The molecular weight excluding hydrogens is 291 g/mol. The molecule has 0 aromatic heterocycles. The van der Waals surface area contributed by atoms with E-state index in [0.29, 0.717) is 12.3 Å². The second-order valence-corrected chi connectivity index (χ2v) is 6.29. The number of hydrogen-bond acceptors (Lipinski definition) is 2. The lowest BCUT2D eigenvalue weighted by Crippen LogP contribution is -2.16. The van der Waals surface area contributed by atoms with E-state index in [-0.39, 0.29) is 16.7 Å². The van der Waals surface area contributed by atoms with Crippen LogP contribution in [-0.4, -0.2) is 5.97 Å². The Hall–Kier alpha value is -1.09. The molecule has 0 aliphatic heterocycles. The highest BCUT2D eigenvalue weighted by molar-refractivity contribution is 6.30. The van der Waals surface area contributed by atoms with Crippen molar-refractivity contribution in [2.75, 3.05) is 0 Å². The van der Waals surface area contributed by atoms with Crippen LogP contribution in [0.5, 0.6) is 5.75 Å². The van der Waals surface area contributed by atoms with Crippen LogP contribution < -0.4 is 4.74 Å². The van der Waals surface area contributed by atoms with Gasteiger partial charge >= 0.3 is 5.97 Å². The Labute approximate surface area is 130 Å². The first kappa shape index (κ1) is 16.3. The van der Waals surface area contributed by atoms with Crippen molar-refractivity contribution >= 4 is 17.6 Å². The summed E-state index contributed by atoms with van der Waals surface area (Å²) < 4.78 is 18.4. The minimum Gasteiger partial charge on any atom is -0.426 e. The highest BCUT2D eigenvalue weighted by Crippen LogP contribution is 2.33. The second kappa shape index (κ2) is 7.79. The van der Waals surface area contributed by atoms with Gasteiger partial charge in [0.1, 0.15) is 11.6 Å². The number of hydrogen-bond donors (Lipinski definition) is 0. The number of benzene rings is 1. The predicted octanol–water partition coefficient (Wildman–Crippen LogP) is 5.38. The molecule has 0 spiro atoms. The molecule has 1 fully saturated rings. The van der Waals surface area contributed by atoms with Crippen molar-refractivity contribution in [3.05, 3.63) is 29.0 Å². The van der Waals surface area contributed by atoms with Gasteiger partial charge in [0.25, 0.3) is 0 Å². The van der Waals surface area contributed by atoms with Crippen molar-refractivity contribution < 1.29 is 13.9 Å². The zero-order valence-electron chi connectivity index (χ0n) is 12.4. The number of esters is 1. The topological polar surface area (TPSA) is 26.3 Å². The van der Waals surface area contributed by atoms with Crippen LogP contribution in [0.4, 0.5) is 4.39 Å². The van der Waals surface area contributed by atoms with E-state index in [2.05, 4.69) is 6.92 Å². The third-order valence-corrected chi connectivity index (χ3v) is 4.73. The summed E-state index contributed by atoms with van der Waals surface area (Å²) in [6.45, 7) is 2.24. The maximum absolute atomic E-state index is 13.3. The standard InChI is InChI=1S/C17H22ClFO2/c1-2-12-3-5-13(6-4-12)7-10-17(20)21-14-8-9-15(18)16(19)11-14/h8-9,11-13H,2-7,10H2,1H3. The first-order valence-electron chi connectivity index (χ1n) is 7.74. The quantitative estimate of drug-likeness (QED) is 0.539. The van der Waals surface area contributed by atoms with Crippen molar-refractivity contribution in [2.24, 2.45) is 11.8 Å². The van der Waals surface area contributed by atoms with Gasteiger partial charge in [-0.1, -0.05) is 50.6 Å². The van der Waals surface area contributed by atoms with E-state index in [9.17, 15) is 9.18 Å². The zero-order valence-corrected chi connectivity index (χ0v) is 13.2. The Bertz CT molecular complexity index is 482. The van der Waals surface area contributed by atoms with Crippen LogP contribution in [0.25, 0.3) is 0 Å². The van der Waals surface area contributed by atoms with Crippen LogP contribution in [0.3, 0.4) is 0 Å². The van der Waals surface area contributed by atoms with Crippen LogP contribution in [0, 0.1) is 17.7 Å². The van der Waals surface area contributed by atoms with Crippen LogP contribution in [-0.2, 0) is 4.79 Å². The Morgan fingerprint density at radius 3 is 2.57 bits per heavy atom. The number of rotatable bonds is 5. The van der Waals surface area contributed by atoms with Gasteiger partial charge in [0, 0.05) is 12.5 Å². The molecule has 1 aromatic rings. The summed E-state index contributed by atoms with van der Waals surface area (Å²) >= 11 is 5.59. The minimum atomic E-state index is -0.570. The molecule has 0 bridgehead atoms. The highest BCUT2D eigenvalue weighted by atomic mass is 35.5. The lowest BCUT2D eigenvalue weighted by Gasteiger charge is -2.27. The van der Waals surface area contributed by atoms with E-state index < -0.39 is 5.82 Å². The van der Waals surface area contributed by atoms with Gasteiger partial charge in [0.15, 0.2) is 0 Å². The molecule has 1 aromatic carbocycles. The van der Waals surface area contributed by atoms with Gasteiger partial charge in [-0.2, -0.15) is 0 Å². The average molecular weight is 313 g/mol. The molecule has 1 saturated carbocycles. The van der Waals surface area contributed by atoms with Crippen LogP contribution in [0.1, 0.15) is 51.9 Å². The number of carbonyl (C=O) groups is 1. The molecule has 2 rings (SSSR count). The summed E-state index contributed by atoms with van der Waals surface area (Å²) in [5.74, 6) is 0.846. The van der Waals surface area contributed by atoms with Gasteiger partial charge in [-0.15, -0.1) is 0 Å². The summed E-state index contributed by atoms with van der Waals surface area (Å²) in [6.07, 6.45) is 7.49. The molecule has 4 heteroatoms. The summed E-state index contributed by atoms with van der Waals surface area (Å²) in [5, 5.41) is 0.0301. The van der Waals surface area contributed by atoms with E-state index in [0.717, 1.165) is 18.4 Å². The molecular formula is C17H22ClFO2. The fourth-order valence-electron chi connectivity index (χ4n) is 2.97. The van der Waals surface area contributed by atoms with Gasteiger partial charge in [-0.25, -0.2) is 4.39 Å². The molecule has 1 aliphatic carbocycles. The highest BCUT2D eigenvalue weighted by Gasteiger charge is 2.20. The number of carbonyl (C=O) groups excluding carboxylic acids is 1. The first-order valence-corrected chi connectivity index (χ1v) is 8.12. The van der Waals surface area contributed by atoms with Gasteiger partial charge in [-0.05, 0) is 30.4 Å². The Morgan fingerprint density at radius 2 is 1.95 bits per heavy atom. The largest absolute Gasteiger partial charge is 0.426 e. The third-order valence-electron chi connectivity index (χ3n) is 4.42. The SMILES string of the molecule is CCC1CCC(CCC(=O)Oc2ccc(Cl)c(F)c2)CC1. The molecule has 0 N–H and O–H groups in total. The van der Waals surface area contributed by atoms with Gasteiger partial charge in [-0.3, -0.25) is 4.79 Å². The summed E-state index contributed by atoms with van der Waals surface area (Å²) in [6, 6.07) is 4.05. The summed E-state index contributed by atoms with van der Waals surface area (Å²) in [4.78, 5) is 11.8. The number of halogens is 2. The van der Waals surface area contributed by atoms with Crippen LogP contribution in [0.2, 0.25) is 5.02 Å². The molecule has 0 saturated heterocycles. The van der Waals surface area contributed by atoms with Crippen molar-refractivity contribution in [3.63, 3.8) is 0 Å². The van der Waals surface area contributed by atoms with Gasteiger partial charge < -0.3 is 4.74 Å². The molecule has 21 heavy (non-hydrogen) atoms. The predicted molar refractivity (Wildman–Crippen MR) is 82.0 cm³/mol. The Balaban J connectivity index is 1.73. The maximum Gasteiger partial charge on any atom is 0.311 e. The van der Waals surface area contributed by atoms with E-state index >= 15 is 0 Å². The molecule has 0 radical (unpaired) electrons. The lowest BCUT2D eigenvalue weighted by molar-refractivity contribution is -0.134. The fourth-order valence-corrected chi connectivity index (χ4v) is 3.09. The van der Waals surface area contributed by atoms with Crippen molar-refractivity contribution in [1.29, 1.82) is 0 Å². The van der Waals surface area contributed by atoms with Crippen molar-refractivity contribution in [3.8, 4) is 5.75 Å². The van der Waals surface area contributed by atoms with Gasteiger partial charge in [0.2, 0.25) is 0 Å². The molecule has 0 heterocycles. The van der Waals surface area contributed by atoms with Gasteiger partial charge in [0.05, 0.1) is 5.02 Å². The molecule has 2 nitrogen and oxygen atoms in total. The second-order valence-electron chi connectivity index (χ2n) is 5.88. The molecule has 0 unspecified atom stereocenters. The molecule has 0 amide bonds. The lowest BCUT2D eigenvalue weighted by atomic mass is 9.79. The fraction of sp³-hybridized carbons (Fsp3) is 0.588. The van der Waals surface area contributed by atoms with Crippen molar-refractivity contribution in [2.45, 2.75) is 51.9 Å². The minimum absolute atomic E-state index is 0.0301. The Kier molecular flexibility index (Phi) is 6.04. The summed E-state index contributed by atoms with van der Waals surface area (Å²) in [5.41, 5.74) is 0. The number of ether oxygens (including phenoxy) is 1. The monoisotopic (exact) mass is 312 g/mol. The van der Waals surface area contributed by atoms with E-state index in [4.69, 9.17) is 16.3 Å². The van der Waals surface area contributed by atoms with E-state index in [1.54, 1.807) is 0 Å². The van der Waals surface area contributed by atoms with Crippen LogP contribution in [0.15, 0.2) is 18.2 Å². The smallest absolute Gasteiger partial charge is 0.311 e. The molecule has 116 valence electrons. The third kappa shape index (κ3) is 4.99. The Morgan fingerprint density at radius 1 is 1.29 bits per heavy atom. The maximum atomic E-state index is 13.3. The van der Waals surface area contributed by atoms with E-state index in [1.165, 1.54) is 44.2 Å². The zero-order chi connectivity index (χ0) is 15.2.